The highest BCUT2D eigenvalue weighted by atomic mass is 16.5. The fourth-order valence-electron chi connectivity index (χ4n) is 3.83. The average molecular weight is 466 g/mol. The number of carbonyl (C=O) groups is 3. The maximum absolute atomic E-state index is 12.9. The zero-order chi connectivity index (χ0) is 24.2. The highest BCUT2D eigenvalue weighted by Gasteiger charge is 2.24. The molecule has 2 amide bonds. The number of anilines is 1. The quantitative estimate of drug-likeness (QED) is 0.571. The molecule has 1 aromatic heterocycles. The van der Waals surface area contributed by atoms with Crippen LogP contribution >= 0.6 is 0 Å². The Labute approximate surface area is 196 Å². The molecule has 0 atom stereocenters. The molecule has 0 radical (unpaired) electrons. The number of nitrogens with one attached hydrogen (secondary N) is 1. The second-order valence-electron chi connectivity index (χ2n) is 8.02. The lowest BCUT2D eigenvalue weighted by Crippen LogP contribution is -2.49. The number of urea groups is 1. The molecular formula is C24H26N4O6. The molecule has 10 heteroatoms. The second-order valence-corrected chi connectivity index (χ2v) is 8.02. The number of carbonyl (C=O) groups excluding carboxylic acids is 3. The van der Waals surface area contributed by atoms with Crippen LogP contribution in [0.1, 0.15) is 32.2 Å². The van der Waals surface area contributed by atoms with Gasteiger partial charge in [0.05, 0.1) is 37.6 Å². The van der Waals surface area contributed by atoms with E-state index < -0.39 is 11.9 Å². The largest absolute Gasteiger partial charge is 0.465 e. The van der Waals surface area contributed by atoms with Crippen LogP contribution in [0.2, 0.25) is 0 Å². The third-order valence-corrected chi connectivity index (χ3v) is 5.69. The minimum Gasteiger partial charge on any atom is -0.465 e. The molecule has 0 spiro atoms. The summed E-state index contributed by atoms with van der Waals surface area (Å²) in [6.45, 7) is 4.80. The van der Waals surface area contributed by atoms with Gasteiger partial charge in [-0.3, -0.25) is 4.90 Å². The number of ether oxygens (including phenoxy) is 2. The molecule has 1 aliphatic rings. The van der Waals surface area contributed by atoms with Crippen molar-refractivity contribution in [3.05, 3.63) is 59.0 Å². The van der Waals surface area contributed by atoms with Gasteiger partial charge in [0.2, 0.25) is 5.89 Å². The monoisotopic (exact) mass is 466 g/mol. The van der Waals surface area contributed by atoms with Gasteiger partial charge in [-0.05, 0) is 42.8 Å². The number of rotatable bonds is 5. The Morgan fingerprint density at radius 2 is 1.74 bits per heavy atom. The molecule has 0 unspecified atom stereocenters. The van der Waals surface area contributed by atoms with Gasteiger partial charge in [-0.2, -0.15) is 0 Å². The van der Waals surface area contributed by atoms with Crippen LogP contribution in [0.4, 0.5) is 10.5 Å². The molecule has 3 aromatic rings. The number of methoxy groups -OCH3 is 2. The molecule has 2 heterocycles. The summed E-state index contributed by atoms with van der Waals surface area (Å²) < 4.78 is 15.4. The Morgan fingerprint density at radius 1 is 1.00 bits per heavy atom. The normalized spacial score (nSPS) is 14.1. The molecule has 4 rings (SSSR count). The molecule has 0 bridgehead atoms. The molecule has 10 nitrogen and oxygen atoms in total. The molecule has 0 saturated carbocycles. The topological polar surface area (TPSA) is 114 Å². The molecular weight excluding hydrogens is 440 g/mol. The lowest BCUT2D eigenvalue weighted by Gasteiger charge is -2.34. The van der Waals surface area contributed by atoms with Crippen LogP contribution in [0.5, 0.6) is 0 Å². The number of esters is 2. The predicted molar refractivity (Wildman–Crippen MR) is 124 cm³/mol. The van der Waals surface area contributed by atoms with E-state index in [2.05, 4.69) is 15.2 Å². The SMILES string of the molecule is COC(=O)c1ccc(C(=O)OC)c(NC(=O)N2CCN(Cc3nc4cc(C)ccc4o3)CC2)c1. The van der Waals surface area contributed by atoms with Crippen molar-refractivity contribution < 1.29 is 28.3 Å². The van der Waals surface area contributed by atoms with E-state index in [0.29, 0.717) is 38.6 Å². The van der Waals surface area contributed by atoms with Gasteiger partial charge >= 0.3 is 18.0 Å². The highest BCUT2D eigenvalue weighted by Crippen LogP contribution is 2.21. The van der Waals surface area contributed by atoms with Gasteiger partial charge in [-0.1, -0.05) is 6.07 Å². The lowest BCUT2D eigenvalue weighted by atomic mass is 10.1. The Kier molecular flexibility index (Phi) is 6.78. The molecule has 1 saturated heterocycles. The van der Waals surface area contributed by atoms with E-state index in [0.717, 1.165) is 16.7 Å². The first-order valence-electron chi connectivity index (χ1n) is 10.8. The van der Waals surface area contributed by atoms with Crippen molar-refractivity contribution >= 4 is 34.8 Å². The number of fused-ring (bicyclic) bond motifs is 1. The molecule has 178 valence electrons. The Balaban J connectivity index is 1.39. The summed E-state index contributed by atoms with van der Waals surface area (Å²) in [6, 6.07) is 9.79. The fraction of sp³-hybridized carbons (Fsp3) is 0.333. The van der Waals surface area contributed by atoms with Gasteiger partial charge < -0.3 is 24.1 Å². The Morgan fingerprint density at radius 3 is 2.44 bits per heavy atom. The number of benzene rings is 2. The zero-order valence-corrected chi connectivity index (χ0v) is 19.3. The van der Waals surface area contributed by atoms with Crippen LogP contribution in [0.3, 0.4) is 0 Å². The number of hydrogen-bond donors (Lipinski definition) is 1. The molecule has 2 aromatic carbocycles. The summed E-state index contributed by atoms with van der Waals surface area (Å²) in [5.41, 5.74) is 3.26. The maximum Gasteiger partial charge on any atom is 0.339 e. The number of piperazine rings is 1. The number of aryl methyl sites for hydroxylation is 1. The predicted octanol–water partition coefficient (Wildman–Crippen LogP) is 3.06. The minimum atomic E-state index is -0.620. The molecule has 1 aliphatic heterocycles. The first kappa shape index (κ1) is 23.2. The van der Waals surface area contributed by atoms with E-state index in [9.17, 15) is 14.4 Å². The standard InChI is InChI=1S/C24H26N4O6/c1-15-4-7-20-19(12-15)25-21(34-20)14-27-8-10-28(11-9-27)24(31)26-18-13-16(22(29)32-2)5-6-17(18)23(30)33-3/h4-7,12-13H,8-11,14H2,1-3H3,(H,26,31). The number of aromatic nitrogens is 1. The first-order chi connectivity index (χ1) is 16.4. The van der Waals surface area contributed by atoms with Crippen LogP contribution in [0.25, 0.3) is 11.1 Å². The van der Waals surface area contributed by atoms with Gasteiger partial charge in [0.25, 0.3) is 0 Å². The van der Waals surface area contributed by atoms with E-state index in [1.54, 1.807) is 4.90 Å². The lowest BCUT2D eigenvalue weighted by molar-refractivity contribution is 0.0587. The minimum absolute atomic E-state index is 0.147. The van der Waals surface area contributed by atoms with E-state index in [4.69, 9.17) is 13.9 Å². The number of nitrogens with zero attached hydrogens (tertiary/aromatic N) is 3. The van der Waals surface area contributed by atoms with Crippen LogP contribution < -0.4 is 5.32 Å². The summed E-state index contributed by atoms with van der Waals surface area (Å²) in [5, 5.41) is 2.73. The Bertz CT molecular complexity index is 1230. The van der Waals surface area contributed by atoms with E-state index >= 15 is 0 Å². The highest BCUT2D eigenvalue weighted by molar-refractivity contribution is 6.03. The van der Waals surface area contributed by atoms with Crippen LogP contribution in [-0.4, -0.2) is 73.2 Å². The Hall–Kier alpha value is -3.92. The van der Waals surface area contributed by atoms with Crippen LogP contribution in [0, 0.1) is 6.92 Å². The van der Waals surface area contributed by atoms with E-state index in [1.807, 2.05) is 25.1 Å². The summed E-state index contributed by atoms with van der Waals surface area (Å²) in [7, 11) is 2.51. The fourth-order valence-corrected chi connectivity index (χ4v) is 3.83. The van der Waals surface area contributed by atoms with Gasteiger partial charge in [-0.25, -0.2) is 19.4 Å². The second kappa shape index (κ2) is 9.92. The van der Waals surface area contributed by atoms with Gasteiger partial charge in [-0.15, -0.1) is 0 Å². The van der Waals surface area contributed by atoms with Crippen molar-refractivity contribution in [3.63, 3.8) is 0 Å². The first-order valence-corrected chi connectivity index (χ1v) is 10.8. The molecule has 0 aliphatic carbocycles. The summed E-state index contributed by atoms with van der Waals surface area (Å²) >= 11 is 0. The molecule has 34 heavy (non-hydrogen) atoms. The third kappa shape index (κ3) is 5.01. The summed E-state index contributed by atoms with van der Waals surface area (Å²) in [4.78, 5) is 45.3. The van der Waals surface area contributed by atoms with Crippen molar-refractivity contribution in [1.29, 1.82) is 0 Å². The van der Waals surface area contributed by atoms with E-state index in [1.165, 1.54) is 32.4 Å². The van der Waals surface area contributed by atoms with Crippen molar-refractivity contribution in [3.8, 4) is 0 Å². The van der Waals surface area contributed by atoms with Crippen molar-refractivity contribution in [1.82, 2.24) is 14.8 Å². The van der Waals surface area contributed by atoms with Crippen LogP contribution in [0.15, 0.2) is 40.8 Å². The number of oxazole rings is 1. The van der Waals surface area contributed by atoms with Crippen molar-refractivity contribution in [2.24, 2.45) is 0 Å². The van der Waals surface area contributed by atoms with Gasteiger partial charge in [0.15, 0.2) is 5.58 Å². The van der Waals surface area contributed by atoms with Crippen LogP contribution in [-0.2, 0) is 16.0 Å². The third-order valence-electron chi connectivity index (χ3n) is 5.69. The van der Waals surface area contributed by atoms with Gasteiger partial charge in [0.1, 0.15) is 5.52 Å². The average Bonchev–Trinajstić information content (AvgIpc) is 3.24. The maximum atomic E-state index is 12.9. The molecule has 1 N–H and O–H groups in total. The van der Waals surface area contributed by atoms with Crippen molar-refractivity contribution in [2.75, 3.05) is 45.7 Å². The van der Waals surface area contributed by atoms with Crippen molar-refractivity contribution in [2.45, 2.75) is 13.5 Å². The van der Waals surface area contributed by atoms with E-state index in [-0.39, 0.29) is 22.8 Å². The van der Waals surface area contributed by atoms with Gasteiger partial charge in [0, 0.05) is 26.2 Å². The molecule has 1 fully saturated rings. The number of hydrogen-bond acceptors (Lipinski definition) is 8. The summed E-state index contributed by atoms with van der Waals surface area (Å²) in [5.74, 6) is -0.555. The number of amides is 2. The zero-order valence-electron chi connectivity index (χ0n) is 19.3. The summed E-state index contributed by atoms with van der Waals surface area (Å²) in [6.07, 6.45) is 0. The smallest absolute Gasteiger partial charge is 0.339 e.